The minimum Gasteiger partial charge on any atom is -0.369 e. The van der Waals surface area contributed by atoms with Crippen molar-refractivity contribution in [3.63, 3.8) is 0 Å². The van der Waals surface area contributed by atoms with Gasteiger partial charge in [-0.05, 0) is 44.0 Å². The van der Waals surface area contributed by atoms with Gasteiger partial charge < -0.3 is 10.2 Å². The van der Waals surface area contributed by atoms with Crippen molar-refractivity contribution in [1.29, 1.82) is 0 Å². The van der Waals surface area contributed by atoms with Gasteiger partial charge >= 0.3 is 0 Å². The molecule has 1 atom stereocenters. The highest BCUT2D eigenvalue weighted by Gasteiger charge is 2.27. The molecule has 3 rings (SSSR count). The van der Waals surface area contributed by atoms with Crippen LogP contribution in [0.5, 0.6) is 0 Å². The van der Waals surface area contributed by atoms with Crippen molar-refractivity contribution in [3.8, 4) is 0 Å². The van der Waals surface area contributed by atoms with Crippen LogP contribution in [0.2, 0.25) is 0 Å². The summed E-state index contributed by atoms with van der Waals surface area (Å²) in [6.07, 6.45) is 7.31. The Labute approximate surface area is 150 Å². The number of hydrogen-bond donors (Lipinski definition) is 1. The van der Waals surface area contributed by atoms with E-state index in [9.17, 15) is 9.18 Å². The second kappa shape index (κ2) is 8.65. The predicted octanol–water partition coefficient (Wildman–Crippen LogP) is 3.18. The van der Waals surface area contributed by atoms with E-state index in [1.54, 1.807) is 0 Å². The summed E-state index contributed by atoms with van der Waals surface area (Å²) < 4.78 is 13.1. The molecule has 1 aliphatic carbocycles. The lowest BCUT2D eigenvalue weighted by Gasteiger charge is -2.38. The van der Waals surface area contributed by atoms with E-state index in [-0.39, 0.29) is 17.8 Å². The SMILES string of the molecule is C[C@H](C(=O)NC1CCCCCC1)N1CCN(c2ccc(F)cc2)CC1. The normalized spacial score (nSPS) is 21.6. The van der Waals surface area contributed by atoms with E-state index in [1.165, 1.54) is 37.8 Å². The topological polar surface area (TPSA) is 35.6 Å². The first kappa shape index (κ1) is 18.2. The standard InChI is InChI=1S/C20H30FN3O/c1-16(20(25)22-18-6-4-2-3-5-7-18)23-12-14-24(15-13-23)19-10-8-17(21)9-11-19/h8-11,16,18H,2-7,12-15H2,1H3,(H,22,25)/t16-/m1/s1. The Kier molecular flexibility index (Phi) is 6.29. The summed E-state index contributed by atoms with van der Waals surface area (Å²) in [4.78, 5) is 17.1. The molecule has 0 radical (unpaired) electrons. The fourth-order valence-corrected chi connectivity index (χ4v) is 3.93. The van der Waals surface area contributed by atoms with E-state index < -0.39 is 0 Å². The Balaban J connectivity index is 1.48. The van der Waals surface area contributed by atoms with Crippen LogP contribution in [0.4, 0.5) is 10.1 Å². The number of carbonyl (C=O) groups excluding carboxylic acids is 1. The van der Waals surface area contributed by atoms with E-state index in [0.717, 1.165) is 44.7 Å². The zero-order chi connectivity index (χ0) is 17.6. The van der Waals surface area contributed by atoms with Gasteiger partial charge in [-0.3, -0.25) is 9.69 Å². The maximum absolute atomic E-state index is 13.1. The second-order valence-electron chi connectivity index (χ2n) is 7.37. The lowest BCUT2D eigenvalue weighted by Crippen LogP contribution is -2.55. The molecule has 0 spiro atoms. The van der Waals surface area contributed by atoms with Crippen molar-refractivity contribution in [3.05, 3.63) is 30.1 Å². The van der Waals surface area contributed by atoms with Gasteiger partial charge in [-0.1, -0.05) is 25.7 Å². The van der Waals surface area contributed by atoms with Crippen LogP contribution in [0.3, 0.4) is 0 Å². The summed E-state index contributed by atoms with van der Waals surface area (Å²) in [5, 5.41) is 3.27. The second-order valence-corrected chi connectivity index (χ2v) is 7.37. The molecule has 25 heavy (non-hydrogen) atoms. The number of hydrogen-bond acceptors (Lipinski definition) is 3. The number of rotatable bonds is 4. The molecule has 0 bridgehead atoms. The first-order valence-corrected chi connectivity index (χ1v) is 9.68. The summed E-state index contributed by atoms with van der Waals surface area (Å²) in [5.41, 5.74) is 1.05. The van der Waals surface area contributed by atoms with E-state index in [4.69, 9.17) is 0 Å². The first-order valence-electron chi connectivity index (χ1n) is 9.68. The minimum absolute atomic E-state index is 0.0846. The van der Waals surface area contributed by atoms with E-state index >= 15 is 0 Å². The molecular formula is C20H30FN3O. The van der Waals surface area contributed by atoms with Gasteiger partial charge in [0.05, 0.1) is 6.04 Å². The zero-order valence-corrected chi connectivity index (χ0v) is 15.2. The summed E-state index contributed by atoms with van der Waals surface area (Å²) in [7, 11) is 0. The van der Waals surface area contributed by atoms with Crippen LogP contribution in [-0.4, -0.2) is 49.1 Å². The molecule has 1 saturated heterocycles. The van der Waals surface area contributed by atoms with Crippen LogP contribution in [-0.2, 0) is 4.79 Å². The summed E-state index contributed by atoms with van der Waals surface area (Å²) >= 11 is 0. The number of nitrogens with zero attached hydrogens (tertiary/aromatic N) is 2. The molecular weight excluding hydrogens is 317 g/mol. The van der Waals surface area contributed by atoms with Gasteiger partial charge in [-0.15, -0.1) is 0 Å². The third kappa shape index (κ3) is 4.94. The monoisotopic (exact) mass is 347 g/mol. The summed E-state index contributed by atoms with van der Waals surface area (Å²) in [6, 6.07) is 6.94. The maximum Gasteiger partial charge on any atom is 0.237 e. The quantitative estimate of drug-likeness (QED) is 0.850. The molecule has 138 valence electrons. The maximum atomic E-state index is 13.1. The van der Waals surface area contributed by atoms with Gasteiger partial charge in [-0.25, -0.2) is 4.39 Å². The minimum atomic E-state index is -0.203. The van der Waals surface area contributed by atoms with Gasteiger partial charge in [-0.2, -0.15) is 0 Å². The number of amides is 1. The van der Waals surface area contributed by atoms with Crippen molar-refractivity contribution in [2.45, 2.75) is 57.5 Å². The molecule has 4 nitrogen and oxygen atoms in total. The molecule has 1 aromatic carbocycles. The fourth-order valence-electron chi connectivity index (χ4n) is 3.93. The molecule has 1 amide bonds. The number of anilines is 1. The fraction of sp³-hybridized carbons (Fsp3) is 0.650. The van der Waals surface area contributed by atoms with Crippen LogP contribution in [0.15, 0.2) is 24.3 Å². The average molecular weight is 347 g/mol. The van der Waals surface area contributed by atoms with Crippen LogP contribution in [0.25, 0.3) is 0 Å². The molecule has 0 unspecified atom stereocenters. The van der Waals surface area contributed by atoms with Crippen LogP contribution in [0, 0.1) is 5.82 Å². The molecule has 1 N–H and O–H groups in total. The smallest absolute Gasteiger partial charge is 0.237 e. The van der Waals surface area contributed by atoms with Gasteiger partial charge in [0, 0.05) is 37.9 Å². The Morgan fingerprint density at radius 3 is 2.24 bits per heavy atom. The lowest BCUT2D eigenvalue weighted by atomic mass is 10.1. The molecule has 1 heterocycles. The first-order chi connectivity index (χ1) is 12.1. The molecule has 1 aliphatic heterocycles. The highest BCUT2D eigenvalue weighted by molar-refractivity contribution is 5.81. The van der Waals surface area contributed by atoms with Crippen molar-refractivity contribution in [2.24, 2.45) is 0 Å². The summed E-state index contributed by atoms with van der Waals surface area (Å²) in [5.74, 6) is -0.0340. The van der Waals surface area contributed by atoms with E-state index in [0.29, 0.717) is 6.04 Å². The molecule has 1 saturated carbocycles. The lowest BCUT2D eigenvalue weighted by molar-refractivity contribution is -0.126. The van der Waals surface area contributed by atoms with Crippen LogP contribution >= 0.6 is 0 Å². The molecule has 2 fully saturated rings. The number of piperazine rings is 1. The van der Waals surface area contributed by atoms with Gasteiger partial charge in [0.25, 0.3) is 0 Å². The number of halogens is 1. The Hall–Kier alpha value is -1.62. The van der Waals surface area contributed by atoms with Gasteiger partial charge in [0.2, 0.25) is 5.91 Å². The Bertz CT molecular complexity index is 547. The van der Waals surface area contributed by atoms with Gasteiger partial charge in [0.15, 0.2) is 0 Å². The zero-order valence-electron chi connectivity index (χ0n) is 15.2. The van der Waals surface area contributed by atoms with E-state index in [2.05, 4.69) is 15.1 Å². The third-order valence-corrected chi connectivity index (χ3v) is 5.63. The number of carbonyl (C=O) groups is 1. The average Bonchev–Trinajstić information content (AvgIpc) is 2.90. The summed E-state index contributed by atoms with van der Waals surface area (Å²) in [6.45, 7) is 5.46. The van der Waals surface area contributed by atoms with Crippen molar-refractivity contribution in [1.82, 2.24) is 10.2 Å². The largest absolute Gasteiger partial charge is 0.369 e. The number of nitrogens with one attached hydrogen (secondary N) is 1. The van der Waals surface area contributed by atoms with E-state index in [1.807, 2.05) is 19.1 Å². The van der Waals surface area contributed by atoms with Crippen LogP contribution in [0.1, 0.15) is 45.4 Å². The third-order valence-electron chi connectivity index (χ3n) is 5.63. The van der Waals surface area contributed by atoms with Crippen molar-refractivity contribution >= 4 is 11.6 Å². The van der Waals surface area contributed by atoms with Crippen LogP contribution < -0.4 is 10.2 Å². The molecule has 2 aliphatic rings. The Morgan fingerprint density at radius 2 is 1.64 bits per heavy atom. The molecule has 5 heteroatoms. The number of benzene rings is 1. The highest BCUT2D eigenvalue weighted by Crippen LogP contribution is 2.19. The Morgan fingerprint density at radius 1 is 1.04 bits per heavy atom. The predicted molar refractivity (Wildman–Crippen MR) is 99.3 cm³/mol. The van der Waals surface area contributed by atoms with Crippen molar-refractivity contribution < 1.29 is 9.18 Å². The molecule has 0 aromatic heterocycles. The van der Waals surface area contributed by atoms with Crippen molar-refractivity contribution in [2.75, 3.05) is 31.1 Å². The highest BCUT2D eigenvalue weighted by atomic mass is 19.1. The van der Waals surface area contributed by atoms with Gasteiger partial charge in [0.1, 0.15) is 5.82 Å². The molecule has 1 aromatic rings.